The first-order chi connectivity index (χ1) is 10.2. The van der Waals surface area contributed by atoms with Crippen molar-refractivity contribution in [1.82, 2.24) is 0 Å². The van der Waals surface area contributed by atoms with Crippen molar-refractivity contribution in [1.29, 1.82) is 0 Å². The maximum Gasteiger partial charge on any atom is 0.161 e. The van der Waals surface area contributed by atoms with Crippen LogP contribution < -0.4 is 14.8 Å². The van der Waals surface area contributed by atoms with Gasteiger partial charge in [0.05, 0.1) is 7.11 Å². The maximum absolute atomic E-state index is 9.96. The maximum atomic E-state index is 9.96. The number of benzene rings is 2. The average Bonchev–Trinajstić information content (AvgIpc) is 2.52. The van der Waals surface area contributed by atoms with Gasteiger partial charge in [-0.1, -0.05) is 29.8 Å². The lowest BCUT2D eigenvalue weighted by molar-refractivity contribution is 0.115. The minimum Gasteiger partial charge on any atom is -0.493 e. The summed E-state index contributed by atoms with van der Waals surface area (Å²) in [5, 5.41) is 13.1. The first kappa shape index (κ1) is 15.2. The first-order valence-corrected chi connectivity index (χ1v) is 6.93. The molecule has 0 heterocycles. The predicted molar refractivity (Wildman–Crippen MR) is 84.2 cm³/mol. The molecule has 2 aromatic carbocycles. The summed E-state index contributed by atoms with van der Waals surface area (Å²) in [5.74, 6) is 1.30. The molecule has 21 heavy (non-hydrogen) atoms. The van der Waals surface area contributed by atoms with Crippen LogP contribution in [-0.2, 0) is 0 Å². The number of methoxy groups -OCH3 is 1. The summed E-state index contributed by atoms with van der Waals surface area (Å²) >= 11 is 0. The van der Waals surface area contributed by atoms with Crippen molar-refractivity contribution < 1.29 is 14.6 Å². The van der Waals surface area contributed by atoms with Crippen molar-refractivity contribution in [2.75, 3.05) is 25.6 Å². The van der Waals surface area contributed by atoms with Gasteiger partial charge in [0, 0.05) is 12.2 Å². The highest BCUT2D eigenvalue weighted by Gasteiger charge is 2.08. The Morgan fingerprint density at radius 2 is 1.71 bits per heavy atom. The van der Waals surface area contributed by atoms with Crippen LogP contribution in [0.15, 0.2) is 48.5 Å². The SMILES string of the molecule is COc1ccccc1OCC(O)CNc1ccc(C)cc1. The van der Waals surface area contributed by atoms with Gasteiger partial charge in [-0.05, 0) is 31.2 Å². The Labute approximate surface area is 125 Å². The van der Waals surface area contributed by atoms with Gasteiger partial charge < -0.3 is 19.9 Å². The number of para-hydroxylation sites is 2. The fourth-order valence-electron chi connectivity index (χ4n) is 1.89. The zero-order valence-electron chi connectivity index (χ0n) is 12.4. The van der Waals surface area contributed by atoms with Crippen molar-refractivity contribution in [2.45, 2.75) is 13.0 Å². The summed E-state index contributed by atoms with van der Waals surface area (Å²) < 4.78 is 10.8. The molecule has 0 aromatic heterocycles. The number of hydrogen-bond donors (Lipinski definition) is 2. The Balaban J connectivity index is 1.79. The molecule has 0 fully saturated rings. The van der Waals surface area contributed by atoms with E-state index in [-0.39, 0.29) is 6.61 Å². The number of aliphatic hydroxyl groups is 1. The number of nitrogens with one attached hydrogen (secondary N) is 1. The van der Waals surface area contributed by atoms with Crippen LogP contribution in [-0.4, -0.2) is 31.5 Å². The molecular weight excluding hydrogens is 266 g/mol. The zero-order chi connectivity index (χ0) is 15.1. The molecule has 0 saturated carbocycles. The molecule has 1 atom stereocenters. The topological polar surface area (TPSA) is 50.7 Å². The van der Waals surface area contributed by atoms with Crippen LogP contribution in [0.5, 0.6) is 11.5 Å². The van der Waals surface area contributed by atoms with Gasteiger partial charge in [-0.3, -0.25) is 0 Å². The minimum atomic E-state index is -0.601. The van der Waals surface area contributed by atoms with Crippen LogP contribution in [0.1, 0.15) is 5.56 Å². The number of aryl methyl sites for hydroxylation is 1. The Bertz CT molecular complexity index is 554. The lowest BCUT2D eigenvalue weighted by Gasteiger charge is -2.15. The van der Waals surface area contributed by atoms with Crippen molar-refractivity contribution in [3.05, 3.63) is 54.1 Å². The van der Waals surface area contributed by atoms with Crippen LogP contribution in [0.2, 0.25) is 0 Å². The smallest absolute Gasteiger partial charge is 0.161 e. The zero-order valence-corrected chi connectivity index (χ0v) is 12.4. The monoisotopic (exact) mass is 287 g/mol. The molecule has 0 saturated heterocycles. The molecule has 1 unspecified atom stereocenters. The molecule has 0 aliphatic carbocycles. The van der Waals surface area contributed by atoms with E-state index in [2.05, 4.69) is 5.32 Å². The Morgan fingerprint density at radius 1 is 1.05 bits per heavy atom. The molecule has 4 nitrogen and oxygen atoms in total. The van der Waals surface area contributed by atoms with Crippen LogP contribution in [0.4, 0.5) is 5.69 Å². The lowest BCUT2D eigenvalue weighted by atomic mass is 10.2. The summed E-state index contributed by atoms with van der Waals surface area (Å²) in [6.07, 6.45) is -0.601. The third-order valence-electron chi connectivity index (χ3n) is 3.09. The Morgan fingerprint density at radius 3 is 2.38 bits per heavy atom. The second-order valence-electron chi connectivity index (χ2n) is 4.86. The molecule has 0 amide bonds. The quantitative estimate of drug-likeness (QED) is 0.822. The van der Waals surface area contributed by atoms with Gasteiger partial charge >= 0.3 is 0 Å². The van der Waals surface area contributed by atoms with Crippen LogP contribution in [0.3, 0.4) is 0 Å². The highest BCUT2D eigenvalue weighted by Crippen LogP contribution is 2.25. The molecule has 0 spiro atoms. The van der Waals surface area contributed by atoms with Crippen LogP contribution >= 0.6 is 0 Å². The van der Waals surface area contributed by atoms with E-state index in [0.717, 1.165) is 5.69 Å². The molecule has 0 radical (unpaired) electrons. The summed E-state index contributed by atoms with van der Waals surface area (Å²) in [6.45, 7) is 2.68. The van der Waals surface area contributed by atoms with E-state index in [1.54, 1.807) is 7.11 Å². The number of hydrogen-bond acceptors (Lipinski definition) is 4. The molecule has 0 aliphatic rings. The van der Waals surface area contributed by atoms with Gasteiger partial charge in [0.15, 0.2) is 11.5 Å². The molecule has 2 aromatic rings. The third kappa shape index (κ3) is 4.68. The van der Waals surface area contributed by atoms with Gasteiger partial charge in [0.25, 0.3) is 0 Å². The summed E-state index contributed by atoms with van der Waals surface area (Å²) in [6, 6.07) is 15.4. The molecule has 2 N–H and O–H groups in total. The van der Waals surface area contributed by atoms with Crippen molar-refractivity contribution in [2.24, 2.45) is 0 Å². The molecule has 0 bridgehead atoms. The fraction of sp³-hybridized carbons (Fsp3) is 0.294. The minimum absolute atomic E-state index is 0.208. The predicted octanol–water partition coefficient (Wildman–Crippen LogP) is 2.86. The second kappa shape index (κ2) is 7.55. The molecule has 112 valence electrons. The summed E-state index contributed by atoms with van der Waals surface area (Å²) in [4.78, 5) is 0. The average molecular weight is 287 g/mol. The van der Waals surface area contributed by atoms with Gasteiger partial charge in [0.2, 0.25) is 0 Å². The normalized spacial score (nSPS) is 11.8. The van der Waals surface area contributed by atoms with Crippen molar-refractivity contribution >= 4 is 5.69 Å². The fourth-order valence-corrected chi connectivity index (χ4v) is 1.89. The molecular formula is C17H21NO3. The Hall–Kier alpha value is -2.20. The van der Waals surface area contributed by atoms with Gasteiger partial charge in [0.1, 0.15) is 12.7 Å². The first-order valence-electron chi connectivity index (χ1n) is 6.93. The summed E-state index contributed by atoms with van der Waals surface area (Å²) in [7, 11) is 1.59. The van der Waals surface area contributed by atoms with E-state index in [4.69, 9.17) is 9.47 Å². The highest BCUT2D eigenvalue weighted by atomic mass is 16.5. The number of aliphatic hydroxyl groups excluding tert-OH is 1. The third-order valence-corrected chi connectivity index (χ3v) is 3.09. The Kier molecular flexibility index (Phi) is 5.46. The van der Waals surface area contributed by atoms with E-state index in [1.165, 1.54) is 5.56 Å². The second-order valence-corrected chi connectivity index (χ2v) is 4.86. The van der Waals surface area contributed by atoms with E-state index in [0.29, 0.717) is 18.0 Å². The van der Waals surface area contributed by atoms with Crippen molar-refractivity contribution in [3.63, 3.8) is 0 Å². The molecule has 4 heteroatoms. The summed E-state index contributed by atoms with van der Waals surface area (Å²) in [5.41, 5.74) is 2.19. The number of rotatable bonds is 7. The van der Waals surface area contributed by atoms with Crippen molar-refractivity contribution in [3.8, 4) is 11.5 Å². The molecule has 0 aliphatic heterocycles. The van der Waals surface area contributed by atoms with Gasteiger partial charge in [-0.25, -0.2) is 0 Å². The van der Waals surface area contributed by atoms with Crippen LogP contribution in [0, 0.1) is 6.92 Å². The van der Waals surface area contributed by atoms with Gasteiger partial charge in [-0.15, -0.1) is 0 Å². The largest absolute Gasteiger partial charge is 0.493 e. The van der Waals surface area contributed by atoms with E-state index in [9.17, 15) is 5.11 Å². The number of ether oxygens (including phenoxy) is 2. The van der Waals surface area contributed by atoms with E-state index in [1.807, 2.05) is 55.5 Å². The molecule has 2 rings (SSSR count). The van der Waals surface area contributed by atoms with E-state index >= 15 is 0 Å². The standard InChI is InChI=1S/C17H21NO3/c1-13-7-9-14(10-8-13)18-11-15(19)12-21-17-6-4-3-5-16(17)20-2/h3-10,15,18-19H,11-12H2,1-2H3. The van der Waals surface area contributed by atoms with E-state index < -0.39 is 6.10 Å². The lowest BCUT2D eigenvalue weighted by Crippen LogP contribution is -2.26. The highest BCUT2D eigenvalue weighted by molar-refractivity contribution is 5.44. The van der Waals surface area contributed by atoms with Crippen LogP contribution in [0.25, 0.3) is 0 Å². The number of anilines is 1. The van der Waals surface area contributed by atoms with Gasteiger partial charge in [-0.2, -0.15) is 0 Å².